The second-order valence-electron chi connectivity index (χ2n) is 4.48. The van der Waals surface area contributed by atoms with Crippen LogP contribution in [-0.4, -0.2) is 21.1 Å². The Bertz CT molecular complexity index is 524. The van der Waals surface area contributed by atoms with Gasteiger partial charge in [-0.15, -0.1) is 0 Å². The second kappa shape index (κ2) is 7.80. The minimum Gasteiger partial charge on any atom is -0.297 e. The Kier molecular flexibility index (Phi) is 6.72. The maximum atomic E-state index is 12.3. The molecule has 0 aromatic carbocycles. The molecule has 1 aromatic rings. The average molecular weight is 305 g/mol. The highest BCUT2D eigenvalue weighted by molar-refractivity contribution is 7.99. The van der Waals surface area contributed by atoms with Crippen molar-refractivity contribution in [3.05, 3.63) is 31.6 Å². The third-order valence-electron chi connectivity index (χ3n) is 3.00. The molecule has 108 valence electrons. The third-order valence-corrected chi connectivity index (χ3v) is 4.26. The molecule has 1 N–H and O–H groups in total. The highest BCUT2D eigenvalue weighted by atomic mass is 35.5. The zero-order valence-electron chi connectivity index (χ0n) is 11.7. The molecule has 0 amide bonds. The van der Waals surface area contributed by atoms with Crippen molar-refractivity contribution in [1.29, 1.82) is 0 Å². The van der Waals surface area contributed by atoms with E-state index in [1.807, 2.05) is 13.8 Å². The van der Waals surface area contributed by atoms with Crippen LogP contribution < -0.4 is 11.2 Å². The summed E-state index contributed by atoms with van der Waals surface area (Å²) >= 11 is 7.75. The van der Waals surface area contributed by atoms with Gasteiger partial charge in [-0.05, 0) is 31.3 Å². The summed E-state index contributed by atoms with van der Waals surface area (Å²) in [5, 5.41) is 0.184. The summed E-state index contributed by atoms with van der Waals surface area (Å²) in [6, 6.07) is -0.108. The maximum absolute atomic E-state index is 12.3. The topological polar surface area (TPSA) is 54.9 Å². The van der Waals surface area contributed by atoms with Gasteiger partial charge >= 0.3 is 5.69 Å². The molecule has 1 atom stereocenters. The van der Waals surface area contributed by atoms with Gasteiger partial charge in [-0.1, -0.05) is 31.9 Å². The molecule has 0 aliphatic rings. The molecule has 0 fully saturated rings. The van der Waals surface area contributed by atoms with Crippen molar-refractivity contribution in [2.45, 2.75) is 46.1 Å². The molecule has 0 saturated heterocycles. The Labute approximate surface area is 122 Å². The van der Waals surface area contributed by atoms with Crippen molar-refractivity contribution in [2.24, 2.45) is 0 Å². The summed E-state index contributed by atoms with van der Waals surface area (Å²) in [5.74, 6) is 1.98. The van der Waals surface area contributed by atoms with Crippen molar-refractivity contribution < 1.29 is 0 Å². The van der Waals surface area contributed by atoms with Crippen molar-refractivity contribution in [3.63, 3.8) is 0 Å². The summed E-state index contributed by atoms with van der Waals surface area (Å²) < 4.78 is 1.30. The van der Waals surface area contributed by atoms with Crippen LogP contribution in [-0.2, 0) is 6.42 Å². The first-order valence-corrected chi connectivity index (χ1v) is 8.17. The number of nitrogens with zero attached hydrogens (tertiary/aromatic N) is 1. The van der Waals surface area contributed by atoms with Crippen LogP contribution >= 0.6 is 23.4 Å². The number of aromatic amines is 1. The van der Waals surface area contributed by atoms with Crippen molar-refractivity contribution in [3.8, 4) is 0 Å². The molecule has 0 spiro atoms. The zero-order valence-corrected chi connectivity index (χ0v) is 13.2. The van der Waals surface area contributed by atoms with Crippen LogP contribution in [0, 0.1) is 0 Å². The highest BCUT2D eigenvalue weighted by Gasteiger charge is 2.16. The molecule has 19 heavy (non-hydrogen) atoms. The number of thioether (sulfide) groups is 1. The van der Waals surface area contributed by atoms with Gasteiger partial charge in [0.1, 0.15) is 5.15 Å². The van der Waals surface area contributed by atoms with Crippen molar-refractivity contribution >= 4 is 23.4 Å². The van der Waals surface area contributed by atoms with Gasteiger partial charge in [0.2, 0.25) is 0 Å². The van der Waals surface area contributed by atoms with Crippen LogP contribution in [0.15, 0.2) is 9.59 Å². The van der Waals surface area contributed by atoms with E-state index in [1.54, 1.807) is 11.8 Å². The fraction of sp³-hybridized carbons (Fsp3) is 0.692. The lowest BCUT2D eigenvalue weighted by molar-refractivity contribution is 0.488. The predicted molar refractivity (Wildman–Crippen MR) is 82.7 cm³/mol. The van der Waals surface area contributed by atoms with E-state index in [9.17, 15) is 9.59 Å². The first-order chi connectivity index (χ1) is 9.02. The SMILES string of the molecule is CCCc1c(Cl)[nH]c(=O)n(C(C)CCSCC)c1=O. The molecule has 0 radical (unpaired) electrons. The number of hydrogen-bond donors (Lipinski definition) is 1. The van der Waals surface area contributed by atoms with E-state index in [0.29, 0.717) is 12.0 Å². The number of nitrogens with one attached hydrogen (secondary N) is 1. The Balaban J connectivity index is 3.09. The number of aromatic nitrogens is 2. The van der Waals surface area contributed by atoms with Gasteiger partial charge in [0.05, 0.1) is 5.56 Å². The first kappa shape index (κ1) is 16.4. The summed E-state index contributed by atoms with van der Waals surface area (Å²) in [7, 11) is 0. The largest absolute Gasteiger partial charge is 0.329 e. The van der Waals surface area contributed by atoms with Crippen LogP contribution in [0.1, 0.15) is 45.2 Å². The number of hydrogen-bond acceptors (Lipinski definition) is 3. The number of halogens is 1. The second-order valence-corrected chi connectivity index (χ2v) is 6.25. The molecule has 4 nitrogen and oxygen atoms in total. The van der Waals surface area contributed by atoms with Gasteiger partial charge in [-0.3, -0.25) is 14.3 Å². The normalized spacial score (nSPS) is 12.6. The van der Waals surface area contributed by atoms with Crippen molar-refractivity contribution in [1.82, 2.24) is 9.55 Å². The molecule has 0 aliphatic heterocycles. The average Bonchev–Trinajstić information content (AvgIpc) is 2.34. The molecule has 1 unspecified atom stereocenters. The lowest BCUT2D eigenvalue weighted by Gasteiger charge is -2.15. The van der Waals surface area contributed by atoms with E-state index >= 15 is 0 Å². The van der Waals surface area contributed by atoms with E-state index in [2.05, 4.69) is 11.9 Å². The summed E-state index contributed by atoms with van der Waals surface area (Å²) in [6.45, 7) is 5.97. The quantitative estimate of drug-likeness (QED) is 0.622. The summed E-state index contributed by atoms with van der Waals surface area (Å²) in [4.78, 5) is 26.8. The molecule has 1 rings (SSSR count). The highest BCUT2D eigenvalue weighted by Crippen LogP contribution is 2.13. The lowest BCUT2D eigenvalue weighted by atomic mass is 10.2. The van der Waals surface area contributed by atoms with Gasteiger partial charge in [0.25, 0.3) is 5.56 Å². The Morgan fingerprint density at radius 2 is 2.05 bits per heavy atom. The molecule has 0 saturated carbocycles. The van der Waals surface area contributed by atoms with Gasteiger partial charge in [-0.25, -0.2) is 4.79 Å². The fourth-order valence-electron chi connectivity index (χ4n) is 1.96. The maximum Gasteiger partial charge on any atom is 0.329 e. The lowest BCUT2D eigenvalue weighted by Crippen LogP contribution is -2.39. The number of H-pyrrole nitrogens is 1. The van der Waals surface area contributed by atoms with E-state index < -0.39 is 5.69 Å². The molecule has 1 aromatic heterocycles. The fourth-order valence-corrected chi connectivity index (χ4v) is 3.01. The molecule has 0 aliphatic carbocycles. The van der Waals surface area contributed by atoms with E-state index in [0.717, 1.165) is 24.3 Å². The van der Waals surface area contributed by atoms with Crippen LogP contribution in [0.4, 0.5) is 0 Å². The third kappa shape index (κ3) is 4.14. The van der Waals surface area contributed by atoms with Gasteiger partial charge in [-0.2, -0.15) is 11.8 Å². The van der Waals surface area contributed by atoms with E-state index in [1.165, 1.54) is 4.57 Å². The first-order valence-electron chi connectivity index (χ1n) is 6.63. The Morgan fingerprint density at radius 1 is 1.37 bits per heavy atom. The molecular weight excluding hydrogens is 284 g/mol. The minimum absolute atomic E-state index is 0.108. The summed E-state index contributed by atoms with van der Waals surface area (Å²) in [6.07, 6.45) is 2.21. The van der Waals surface area contributed by atoms with Gasteiger partial charge in [0, 0.05) is 6.04 Å². The van der Waals surface area contributed by atoms with Crippen LogP contribution in [0.3, 0.4) is 0 Å². The standard InChI is InChI=1S/C13H21ClN2O2S/c1-4-6-10-11(14)15-13(18)16(12(10)17)9(3)7-8-19-5-2/h9H,4-8H2,1-3H3,(H,15,18). The zero-order chi connectivity index (χ0) is 14.4. The smallest absolute Gasteiger partial charge is 0.297 e. The molecule has 1 heterocycles. The summed E-state index contributed by atoms with van der Waals surface area (Å²) in [5.41, 5.74) is -0.146. The van der Waals surface area contributed by atoms with Crippen molar-refractivity contribution in [2.75, 3.05) is 11.5 Å². The van der Waals surface area contributed by atoms with Crippen LogP contribution in [0.25, 0.3) is 0 Å². The van der Waals surface area contributed by atoms with Gasteiger partial charge in [0.15, 0.2) is 0 Å². The predicted octanol–water partition coefficient (Wildman–Crippen LogP) is 2.85. The van der Waals surface area contributed by atoms with Crippen LogP contribution in [0.2, 0.25) is 5.15 Å². The van der Waals surface area contributed by atoms with E-state index in [4.69, 9.17) is 11.6 Å². The Hall–Kier alpha value is -0.680. The van der Waals surface area contributed by atoms with Gasteiger partial charge < -0.3 is 0 Å². The van der Waals surface area contributed by atoms with E-state index in [-0.39, 0.29) is 16.8 Å². The minimum atomic E-state index is -0.413. The van der Waals surface area contributed by atoms with Crippen LogP contribution in [0.5, 0.6) is 0 Å². The molecule has 6 heteroatoms. The molecule has 0 bridgehead atoms. The Morgan fingerprint density at radius 3 is 2.63 bits per heavy atom. The molecular formula is C13H21ClN2O2S. The monoisotopic (exact) mass is 304 g/mol. The number of rotatable bonds is 7.